The maximum absolute atomic E-state index is 13.7. The molecule has 0 aromatic heterocycles. The number of amides is 1. The second-order valence-corrected chi connectivity index (χ2v) is 6.39. The first kappa shape index (κ1) is 20.1. The summed E-state index contributed by atoms with van der Waals surface area (Å²) in [6.07, 6.45) is 0.514. The molecule has 1 amide bonds. The van der Waals surface area contributed by atoms with Crippen molar-refractivity contribution in [1.29, 1.82) is 0 Å². The molecule has 0 bridgehead atoms. The molecule has 1 N–H and O–H groups in total. The van der Waals surface area contributed by atoms with Crippen molar-refractivity contribution in [3.8, 4) is 5.75 Å². The topological polar surface area (TPSA) is 79.3 Å². The van der Waals surface area contributed by atoms with Gasteiger partial charge in [-0.2, -0.15) is 0 Å². The predicted molar refractivity (Wildman–Crippen MR) is 92.7 cm³/mol. The van der Waals surface area contributed by atoms with Gasteiger partial charge in [0.15, 0.2) is 11.6 Å². The summed E-state index contributed by atoms with van der Waals surface area (Å²) in [6.45, 7) is 1.74. The van der Waals surface area contributed by atoms with Crippen LogP contribution in [-0.4, -0.2) is 79.8 Å². The molecule has 7 nitrogen and oxygen atoms in total. The average Bonchev–Trinajstić information content (AvgIpc) is 2.59. The minimum atomic E-state index is -0.900. The van der Waals surface area contributed by atoms with E-state index in [1.54, 1.807) is 29.0 Å². The third-order valence-corrected chi connectivity index (χ3v) is 4.26. The molecule has 1 saturated heterocycles. The van der Waals surface area contributed by atoms with E-state index in [9.17, 15) is 14.0 Å². The van der Waals surface area contributed by atoms with Crippen molar-refractivity contribution in [1.82, 2.24) is 9.80 Å². The smallest absolute Gasteiger partial charge is 0.317 e. The number of hydrogen-bond donors (Lipinski definition) is 1. The van der Waals surface area contributed by atoms with Crippen molar-refractivity contribution in [3.05, 3.63) is 29.6 Å². The Morgan fingerprint density at radius 3 is 2.88 bits per heavy atom. The normalized spacial score (nSPS) is 17.4. The van der Waals surface area contributed by atoms with E-state index in [0.717, 1.165) is 5.56 Å². The van der Waals surface area contributed by atoms with E-state index in [0.29, 0.717) is 32.7 Å². The van der Waals surface area contributed by atoms with Crippen molar-refractivity contribution in [2.75, 3.05) is 46.9 Å². The molecule has 1 unspecified atom stereocenters. The van der Waals surface area contributed by atoms with E-state index in [4.69, 9.17) is 14.6 Å². The summed E-state index contributed by atoms with van der Waals surface area (Å²) in [6, 6.07) is 4.69. The summed E-state index contributed by atoms with van der Waals surface area (Å²) in [5, 5.41) is 8.80. The highest BCUT2D eigenvalue weighted by atomic mass is 19.1. The fourth-order valence-corrected chi connectivity index (χ4v) is 2.97. The number of halogens is 1. The van der Waals surface area contributed by atoms with Crippen LogP contribution in [0.2, 0.25) is 0 Å². The van der Waals surface area contributed by atoms with Gasteiger partial charge in [0.1, 0.15) is 0 Å². The molecule has 1 fully saturated rings. The third kappa shape index (κ3) is 5.96. The first-order valence-electron chi connectivity index (χ1n) is 8.51. The van der Waals surface area contributed by atoms with Crippen molar-refractivity contribution in [3.63, 3.8) is 0 Å². The second kappa shape index (κ2) is 9.49. The molecule has 8 heteroatoms. The van der Waals surface area contributed by atoms with Gasteiger partial charge in [0.2, 0.25) is 5.91 Å². The molecule has 1 atom stereocenters. The van der Waals surface area contributed by atoms with Crippen LogP contribution in [0.1, 0.15) is 12.0 Å². The van der Waals surface area contributed by atoms with Crippen LogP contribution in [0.3, 0.4) is 0 Å². The quantitative estimate of drug-likeness (QED) is 0.738. The standard InChI is InChI=1S/C18H25FN2O5/c1-20(12-18(23)24)10-14-11-21(7-8-26-14)17(22)6-4-13-3-5-16(25-2)15(19)9-13/h3,5,9,14H,4,6-8,10-12H2,1-2H3,(H,23,24). The van der Waals surface area contributed by atoms with Crippen LogP contribution in [0.25, 0.3) is 0 Å². The number of rotatable bonds is 8. The van der Waals surface area contributed by atoms with E-state index in [1.807, 2.05) is 0 Å². The van der Waals surface area contributed by atoms with Gasteiger partial charge in [-0.1, -0.05) is 6.07 Å². The highest BCUT2D eigenvalue weighted by Gasteiger charge is 2.25. The van der Waals surface area contributed by atoms with Gasteiger partial charge >= 0.3 is 5.97 Å². The van der Waals surface area contributed by atoms with E-state index in [1.165, 1.54) is 13.2 Å². The summed E-state index contributed by atoms with van der Waals surface area (Å²) in [4.78, 5) is 26.5. The highest BCUT2D eigenvalue weighted by molar-refractivity contribution is 5.76. The SMILES string of the molecule is COc1ccc(CCC(=O)N2CCOC(CN(C)CC(=O)O)C2)cc1F. The van der Waals surface area contributed by atoms with Gasteiger partial charge in [-0.25, -0.2) is 4.39 Å². The van der Waals surface area contributed by atoms with Crippen LogP contribution in [0.5, 0.6) is 5.75 Å². The molecule has 0 spiro atoms. The molecule has 0 radical (unpaired) electrons. The number of nitrogens with zero attached hydrogens (tertiary/aromatic N) is 2. The Kier molecular flexibility index (Phi) is 7.35. The summed E-state index contributed by atoms with van der Waals surface area (Å²) in [5.41, 5.74) is 0.739. The Balaban J connectivity index is 1.83. The molecule has 2 rings (SSSR count). The maximum atomic E-state index is 13.7. The second-order valence-electron chi connectivity index (χ2n) is 6.39. The third-order valence-electron chi connectivity index (χ3n) is 4.26. The molecule has 26 heavy (non-hydrogen) atoms. The molecule has 1 aliphatic rings. The number of aliphatic carboxylic acids is 1. The van der Waals surface area contributed by atoms with Crippen LogP contribution in [0, 0.1) is 5.82 Å². The molecular formula is C18H25FN2O5. The number of carbonyl (C=O) groups excluding carboxylic acids is 1. The number of hydrogen-bond acceptors (Lipinski definition) is 5. The molecular weight excluding hydrogens is 343 g/mol. The molecule has 1 aromatic carbocycles. The van der Waals surface area contributed by atoms with Crippen LogP contribution >= 0.6 is 0 Å². The molecule has 0 aliphatic carbocycles. The van der Waals surface area contributed by atoms with Gasteiger partial charge in [-0.3, -0.25) is 14.5 Å². The number of likely N-dealkylation sites (N-methyl/N-ethyl adjacent to an activating group) is 1. The molecule has 1 heterocycles. The van der Waals surface area contributed by atoms with Gasteiger partial charge in [-0.15, -0.1) is 0 Å². The van der Waals surface area contributed by atoms with Gasteiger partial charge in [0.05, 0.1) is 26.4 Å². The number of aryl methyl sites for hydroxylation is 1. The Labute approximate surface area is 152 Å². The minimum Gasteiger partial charge on any atom is -0.494 e. The minimum absolute atomic E-state index is 0.0181. The Hall–Kier alpha value is -2.19. The van der Waals surface area contributed by atoms with Crippen molar-refractivity contribution < 1.29 is 28.6 Å². The fraction of sp³-hybridized carbons (Fsp3) is 0.556. The molecule has 144 valence electrons. The molecule has 1 aliphatic heterocycles. The first-order chi connectivity index (χ1) is 12.4. The van der Waals surface area contributed by atoms with E-state index in [-0.39, 0.29) is 30.7 Å². The summed E-state index contributed by atoms with van der Waals surface area (Å²) in [5.74, 6) is -1.18. The first-order valence-corrected chi connectivity index (χ1v) is 8.51. The molecule has 1 aromatic rings. The zero-order valence-electron chi connectivity index (χ0n) is 15.1. The lowest BCUT2D eigenvalue weighted by atomic mass is 10.1. The van der Waals surface area contributed by atoms with Gasteiger partial charge in [0, 0.05) is 26.1 Å². The van der Waals surface area contributed by atoms with Crippen LogP contribution < -0.4 is 4.74 Å². The van der Waals surface area contributed by atoms with Crippen molar-refractivity contribution in [2.24, 2.45) is 0 Å². The Morgan fingerprint density at radius 1 is 1.46 bits per heavy atom. The monoisotopic (exact) mass is 368 g/mol. The van der Waals surface area contributed by atoms with Crippen LogP contribution in [0.15, 0.2) is 18.2 Å². The Morgan fingerprint density at radius 2 is 2.23 bits per heavy atom. The van der Waals surface area contributed by atoms with E-state index >= 15 is 0 Å². The van der Waals surface area contributed by atoms with E-state index < -0.39 is 11.8 Å². The number of carboxylic acids is 1. The average molecular weight is 368 g/mol. The summed E-state index contributed by atoms with van der Waals surface area (Å²) >= 11 is 0. The molecule has 0 saturated carbocycles. The lowest BCUT2D eigenvalue weighted by Gasteiger charge is -2.34. The number of ether oxygens (including phenoxy) is 2. The highest BCUT2D eigenvalue weighted by Crippen LogP contribution is 2.19. The van der Waals surface area contributed by atoms with Crippen molar-refractivity contribution in [2.45, 2.75) is 18.9 Å². The lowest BCUT2D eigenvalue weighted by Crippen LogP contribution is -2.49. The number of benzene rings is 1. The van der Waals surface area contributed by atoms with Gasteiger partial charge in [-0.05, 0) is 31.2 Å². The zero-order valence-corrected chi connectivity index (χ0v) is 15.1. The van der Waals surface area contributed by atoms with Crippen molar-refractivity contribution >= 4 is 11.9 Å². The van der Waals surface area contributed by atoms with Crippen LogP contribution in [-0.2, 0) is 20.7 Å². The lowest BCUT2D eigenvalue weighted by molar-refractivity contribution is -0.142. The van der Waals surface area contributed by atoms with E-state index in [2.05, 4.69) is 0 Å². The van der Waals surface area contributed by atoms with Gasteiger partial charge in [0.25, 0.3) is 0 Å². The largest absolute Gasteiger partial charge is 0.494 e. The fourth-order valence-electron chi connectivity index (χ4n) is 2.97. The predicted octanol–water partition coefficient (Wildman–Crippen LogP) is 1.01. The number of carboxylic acid groups (broad SMARTS) is 1. The number of methoxy groups -OCH3 is 1. The zero-order chi connectivity index (χ0) is 19.1. The number of morpholine rings is 1. The number of carbonyl (C=O) groups is 2. The maximum Gasteiger partial charge on any atom is 0.317 e. The summed E-state index contributed by atoms with van der Waals surface area (Å²) < 4.78 is 24.2. The van der Waals surface area contributed by atoms with Gasteiger partial charge < -0.3 is 19.5 Å². The summed E-state index contributed by atoms with van der Waals surface area (Å²) in [7, 11) is 3.11. The van der Waals surface area contributed by atoms with Crippen LogP contribution in [0.4, 0.5) is 4.39 Å². The Bertz CT molecular complexity index is 640.